The van der Waals surface area contributed by atoms with Gasteiger partial charge < -0.3 is 20.1 Å². The molecule has 37 heavy (non-hydrogen) atoms. The van der Waals surface area contributed by atoms with Crippen molar-refractivity contribution in [3.8, 4) is 5.75 Å². The number of halogens is 3. The van der Waals surface area contributed by atoms with Crippen LogP contribution in [0.3, 0.4) is 0 Å². The van der Waals surface area contributed by atoms with Gasteiger partial charge in [0.25, 0.3) is 5.91 Å². The number of hydrogen-bond donors (Lipinski definition) is 2. The number of amides is 1. The van der Waals surface area contributed by atoms with Gasteiger partial charge in [0, 0.05) is 48.0 Å². The van der Waals surface area contributed by atoms with E-state index in [0.717, 1.165) is 35.7 Å². The summed E-state index contributed by atoms with van der Waals surface area (Å²) in [5.74, 6) is -0.373. The number of carbonyl (C=O) groups is 1. The molecule has 0 aliphatic carbocycles. The summed E-state index contributed by atoms with van der Waals surface area (Å²) in [5.41, 5.74) is -0.138. The Bertz CT molecular complexity index is 1420. The lowest BCUT2D eigenvalue weighted by atomic mass is 10.1. The number of ether oxygens (including phenoxy) is 2. The summed E-state index contributed by atoms with van der Waals surface area (Å²) in [5, 5.41) is 7.56. The van der Waals surface area contributed by atoms with Crippen molar-refractivity contribution < 1.29 is 27.4 Å². The van der Waals surface area contributed by atoms with Crippen molar-refractivity contribution in [2.24, 2.45) is 0 Å². The van der Waals surface area contributed by atoms with Gasteiger partial charge in [0.05, 0.1) is 17.2 Å². The zero-order valence-corrected chi connectivity index (χ0v) is 19.6. The fraction of sp³-hybridized carbons (Fsp3) is 0.222. The highest BCUT2D eigenvalue weighted by molar-refractivity contribution is 6.08. The highest BCUT2D eigenvalue weighted by atomic mass is 19.4. The molecule has 7 nitrogen and oxygen atoms in total. The Morgan fingerprint density at radius 1 is 1.05 bits per heavy atom. The van der Waals surface area contributed by atoms with E-state index in [-0.39, 0.29) is 35.5 Å². The van der Waals surface area contributed by atoms with E-state index in [1.54, 1.807) is 18.5 Å². The van der Waals surface area contributed by atoms with Crippen molar-refractivity contribution in [1.82, 2.24) is 9.97 Å². The first-order chi connectivity index (χ1) is 17.8. The van der Waals surface area contributed by atoms with Crippen LogP contribution in [0.1, 0.15) is 28.8 Å². The number of alkyl halides is 3. The first-order valence-corrected chi connectivity index (χ1v) is 11.7. The van der Waals surface area contributed by atoms with Crippen LogP contribution in [0.2, 0.25) is 0 Å². The molecule has 1 atom stereocenters. The second kappa shape index (κ2) is 10.4. The van der Waals surface area contributed by atoms with Crippen molar-refractivity contribution >= 4 is 33.9 Å². The molecule has 2 aromatic carbocycles. The van der Waals surface area contributed by atoms with Crippen molar-refractivity contribution in [2.45, 2.75) is 25.1 Å². The normalized spacial score (nSPS) is 15.5. The molecule has 0 radical (unpaired) electrons. The fourth-order valence-corrected chi connectivity index (χ4v) is 4.07. The molecule has 2 N–H and O–H groups in total. The summed E-state index contributed by atoms with van der Waals surface area (Å²) in [4.78, 5) is 21.5. The third-order valence-electron chi connectivity index (χ3n) is 5.91. The molecule has 0 unspecified atom stereocenters. The molecule has 1 aliphatic rings. The number of fused-ring (bicyclic) bond motifs is 1. The molecule has 1 amide bonds. The maximum atomic E-state index is 13.5. The lowest BCUT2D eigenvalue weighted by molar-refractivity contribution is -0.137. The largest absolute Gasteiger partial charge is 0.491 e. The number of carbonyl (C=O) groups excluding carboxylic acids is 1. The molecule has 0 saturated carbocycles. The topological polar surface area (TPSA) is 85.4 Å². The third-order valence-corrected chi connectivity index (χ3v) is 5.91. The maximum absolute atomic E-state index is 13.5. The predicted molar refractivity (Wildman–Crippen MR) is 133 cm³/mol. The van der Waals surface area contributed by atoms with Crippen molar-refractivity contribution in [3.05, 3.63) is 84.3 Å². The molecule has 0 spiro atoms. The van der Waals surface area contributed by atoms with Crippen LogP contribution >= 0.6 is 0 Å². The Morgan fingerprint density at radius 3 is 2.76 bits per heavy atom. The minimum atomic E-state index is -4.62. The van der Waals surface area contributed by atoms with Gasteiger partial charge in [0.1, 0.15) is 18.2 Å². The maximum Gasteiger partial charge on any atom is 0.416 e. The zero-order valence-electron chi connectivity index (χ0n) is 19.6. The summed E-state index contributed by atoms with van der Waals surface area (Å²) >= 11 is 0. The highest BCUT2D eigenvalue weighted by Gasteiger charge is 2.32. The minimum Gasteiger partial charge on any atom is -0.491 e. The van der Waals surface area contributed by atoms with Gasteiger partial charge in [-0.25, -0.2) is 4.98 Å². The number of rotatable bonds is 7. The Kier molecular flexibility index (Phi) is 6.91. The monoisotopic (exact) mass is 508 g/mol. The van der Waals surface area contributed by atoms with Gasteiger partial charge >= 0.3 is 6.18 Å². The van der Waals surface area contributed by atoms with E-state index in [0.29, 0.717) is 12.3 Å². The van der Waals surface area contributed by atoms with Crippen LogP contribution < -0.4 is 15.4 Å². The van der Waals surface area contributed by atoms with Gasteiger partial charge in [-0.15, -0.1) is 0 Å². The standard InChI is InChI=1S/C27H23F3N4O3/c28-27(29,30)19-12-21(14-23(13-19)37-16-22-3-2-10-36-22)34-26(35)24-4-1-8-32-25(24)33-20-6-5-17-7-9-31-15-18(17)11-20/h1,4-9,11-15,22H,2-3,10,16H2,(H,32,33)(H,34,35)/t22-/m1/s1. The molecular formula is C27H23F3N4O3. The van der Waals surface area contributed by atoms with E-state index in [1.807, 2.05) is 24.3 Å². The number of hydrogen-bond acceptors (Lipinski definition) is 6. The molecule has 4 aromatic rings. The lowest BCUT2D eigenvalue weighted by Crippen LogP contribution is -2.18. The average Bonchev–Trinajstić information content (AvgIpc) is 3.41. The molecule has 1 aliphatic heterocycles. The highest BCUT2D eigenvalue weighted by Crippen LogP contribution is 2.35. The van der Waals surface area contributed by atoms with E-state index in [4.69, 9.17) is 9.47 Å². The molecule has 2 aromatic heterocycles. The summed E-state index contributed by atoms with van der Waals surface area (Å²) in [6.45, 7) is 0.738. The summed E-state index contributed by atoms with van der Waals surface area (Å²) < 4.78 is 51.7. The van der Waals surface area contributed by atoms with Gasteiger partial charge in [-0.1, -0.05) is 6.07 Å². The second-order valence-corrected chi connectivity index (χ2v) is 8.61. The summed E-state index contributed by atoms with van der Waals surface area (Å²) in [6, 6.07) is 13.7. The van der Waals surface area contributed by atoms with Crippen LogP contribution in [0.4, 0.5) is 30.4 Å². The van der Waals surface area contributed by atoms with Crippen LogP contribution in [0, 0.1) is 0 Å². The Balaban J connectivity index is 1.37. The molecule has 3 heterocycles. The average molecular weight is 509 g/mol. The van der Waals surface area contributed by atoms with Crippen LogP contribution in [0.25, 0.3) is 10.8 Å². The molecular weight excluding hydrogens is 485 g/mol. The quantitative estimate of drug-likeness (QED) is 0.309. The number of nitrogens with one attached hydrogen (secondary N) is 2. The Morgan fingerprint density at radius 2 is 1.95 bits per heavy atom. The molecule has 1 fully saturated rings. The van der Waals surface area contributed by atoms with E-state index >= 15 is 0 Å². The lowest BCUT2D eigenvalue weighted by Gasteiger charge is -2.16. The number of aromatic nitrogens is 2. The predicted octanol–water partition coefficient (Wildman–Crippen LogP) is 6.20. The minimum absolute atomic E-state index is 0.00469. The number of benzene rings is 2. The van der Waals surface area contributed by atoms with Gasteiger partial charge in [0.15, 0.2) is 0 Å². The van der Waals surface area contributed by atoms with Gasteiger partial charge in [-0.3, -0.25) is 9.78 Å². The van der Waals surface area contributed by atoms with Crippen molar-refractivity contribution in [3.63, 3.8) is 0 Å². The van der Waals surface area contributed by atoms with Crippen LogP contribution in [-0.4, -0.2) is 35.2 Å². The van der Waals surface area contributed by atoms with Crippen molar-refractivity contribution in [2.75, 3.05) is 23.8 Å². The van der Waals surface area contributed by atoms with E-state index < -0.39 is 17.6 Å². The van der Waals surface area contributed by atoms with E-state index in [9.17, 15) is 18.0 Å². The van der Waals surface area contributed by atoms with E-state index in [1.165, 1.54) is 18.3 Å². The number of anilines is 3. The van der Waals surface area contributed by atoms with Crippen LogP contribution in [0.15, 0.2) is 73.2 Å². The first kappa shape index (κ1) is 24.5. The Labute approximate surface area is 210 Å². The third kappa shape index (κ3) is 5.97. The smallest absolute Gasteiger partial charge is 0.416 e. The number of pyridine rings is 2. The molecule has 0 bridgehead atoms. The number of nitrogens with zero attached hydrogens (tertiary/aromatic N) is 2. The molecule has 1 saturated heterocycles. The molecule has 5 rings (SSSR count). The summed E-state index contributed by atoms with van der Waals surface area (Å²) in [7, 11) is 0. The van der Waals surface area contributed by atoms with Crippen molar-refractivity contribution in [1.29, 1.82) is 0 Å². The van der Waals surface area contributed by atoms with Crippen LogP contribution in [-0.2, 0) is 10.9 Å². The van der Waals surface area contributed by atoms with Gasteiger partial charge in [-0.2, -0.15) is 13.2 Å². The molecule has 190 valence electrons. The van der Waals surface area contributed by atoms with Gasteiger partial charge in [0.2, 0.25) is 0 Å². The van der Waals surface area contributed by atoms with E-state index in [2.05, 4.69) is 20.6 Å². The van der Waals surface area contributed by atoms with Gasteiger partial charge in [-0.05, 0) is 60.7 Å². The summed E-state index contributed by atoms with van der Waals surface area (Å²) in [6.07, 6.45) is 1.82. The second-order valence-electron chi connectivity index (χ2n) is 8.61. The van der Waals surface area contributed by atoms with Crippen LogP contribution in [0.5, 0.6) is 5.75 Å². The molecule has 10 heteroatoms. The Hall–Kier alpha value is -4.18. The zero-order chi connectivity index (χ0) is 25.8. The SMILES string of the molecule is O=C(Nc1cc(OC[C@H]2CCCO2)cc(C(F)(F)F)c1)c1cccnc1Nc1ccc2ccncc2c1. The first-order valence-electron chi connectivity index (χ1n) is 11.7. The fourth-order valence-electron chi connectivity index (χ4n) is 4.07.